The smallest absolute Gasteiger partial charge is 0.326 e. The van der Waals surface area contributed by atoms with Crippen molar-refractivity contribution in [3.8, 4) is 0 Å². The third-order valence-electron chi connectivity index (χ3n) is 4.42. The van der Waals surface area contributed by atoms with E-state index in [4.69, 9.17) is 22.3 Å². The standard InChI is InChI=1S/C18H32N6O9/c19-6-2-1-3-11(18(32)33)23-17(31)12(8-25)24-16(30)10(4-5-13(21)26)22-15(29)9(20)7-14(27)28/h9-12,25H,1-8,19-20H2,(H2,21,26)(H,22,29)(H,23,31)(H,24,30)(H,27,28)(H,32,33). The number of hydrogen-bond donors (Lipinski definition) is 9. The van der Waals surface area contributed by atoms with Gasteiger partial charge in [0.2, 0.25) is 23.6 Å². The van der Waals surface area contributed by atoms with Gasteiger partial charge in [-0.05, 0) is 32.2 Å². The van der Waals surface area contributed by atoms with Crippen LogP contribution in [0.3, 0.4) is 0 Å². The Labute approximate surface area is 189 Å². The molecule has 4 unspecified atom stereocenters. The second kappa shape index (κ2) is 15.5. The van der Waals surface area contributed by atoms with E-state index in [0.717, 1.165) is 0 Å². The van der Waals surface area contributed by atoms with Crippen LogP contribution < -0.4 is 33.2 Å². The number of amides is 4. The molecule has 0 saturated carbocycles. The Morgan fingerprint density at radius 3 is 1.82 bits per heavy atom. The van der Waals surface area contributed by atoms with E-state index in [1.165, 1.54) is 0 Å². The van der Waals surface area contributed by atoms with Crippen molar-refractivity contribution >= 4 is 35.6 Å². The van der Waals surface area contributed by atoms with Gasteiger partial charge in [0.1, 0.15) is 18.1 Å². The molecule has 4 amide bonds. The van der Waals surface area contributed by atoms with Crippen molar-refractivity contribution < 1.29 is 44.1 Å². The van der Waals surface area contributed by atoms with E-state index >= 15 is 0 Å². The van der Waals surface area contributed by atoms with Crippen molar-refractivity contribution in [2.24, 2.45) is 17.2 Å². The van der Waals surface area contributed by atoms with Gasteiger partial charge in [-0.2, -0.15) is 0 Å². The Morgan fingerprint density at radius 2 is 1.33 bits per heavy atom. The fraction of sp³-hybridized carbons (Fsp3) is 0.667. The predicted octanol–water partition coefficient (Wildman–Crippen LogP) is -4.29. The molecule has 0 aromatic carbocycles. The van der Waals surface area contributed by atoms with Crippen molar-refractivity contribution in [3.05, 3.63) is 0 Å². The molecule has 12 N–H and O–H groups in total. The average Bonchev–Trinajstić information content (AvgIpc) is 2.72. The number of hydrogen-bond acceptors (Lipinski definition) is 9. The lowest BCUT2D eigenvalue weighted by Gasteiger charge is -2.24. The van der Waals surface area contributed by atoms with Gasteiger partial charge in [0.05, 0.1) is 19.1 Å². The second-order valence-corrected chi connectivity index (χ2v) is 7.20. The molecule has 0 fully saturated rings. The summed E-state index contributed by atoms with van der Waals surface area (Å²) in [6.07, 6.45) is -0.345. The van der Waals surface area contributed by atoms with Gasteiger partial charge in [-0.3, -0.25) is 24.0 Å². The highest BCUT2D eigenvalue weighted by Crippen LogP contribution is 2.03. The van der Waals surface area contributed by atoms with Crippen molar-refractivity contribution in [2.45, 2.75) is 62.7 Å². The summed E-state index contributed by atoms with van der Waals surface area (Å²) in [5, 5.41) is 34.0. The minimum absolute atomic E-state index is 0.0725. The second-order valence-electron chi connectivity index (χ2n) is 7.20. The minimum atomic E-state index is -1.57. The Kier molecular flexibility index (Phi) is 13.9. The summed E-state index contributed by atoms with van der Waals surface area (Å²) < 4.78 is 0. The molecule has 0 rings (SSSR count). The van der Waals surface area contributed by atoms with Gasteiger partial charge >= 0.3 is 11.9 Å². The molecular formula is C18H32N6O9. The maximum Gasteiger partial charge on any atom is 0.326 e. The van der Waals surface area contributed by atoms with E-state index in [-0.39, 0.29) is 19.3 Å². The summed E-state index contributed by atoms with van der Waals surface area (Å²) in [6, 6.07) is -5.79. The monoisotopic (exact) mass is 476 g/mol. The maximum absolute atomic E-state index is 12.6. The number of primary amides is 1. The van der Waals surface area contributed by atoms with E-state index in [1.54, 1.807) is 0 Å². The lowest BCUT2D eigenvalue weighted by atomic mass is 10.1. The first kappa shape index (κ1) is 29.7. The van der Waals surface area contributed by atoms with E-state index in [9.17, 15) is 39.0 Å². The van der Waals surface area contributed by atoms with E-state index in [0.29, 0.717) is 19.4 Å². The normalized spacial score (nSPS) is 14.3. The van der Waals surface area contributed by atoms with Crippen LogP contribution in [0.5, 0.6) is 0 Å². The molecule has 0 radical (unpaired) electrons. The quantitative estimate of drug-likeness (QED) is 0.0905. The molecule has 15 heteroatoms. The van der Waals surface area contributed by atoms with Crippen LogP contribution in [0.25, 0.3) is 0 Å². The first-order valence-electron chi connectivity index (χ1n) is 10.1. The highest BCUT2D eigenvalue weighted by molar-refractivity contribution is 5.95. The molecule has 15 nitrogen and oxygen atoms in total. The fourth-order valence-corrected chi connectivity index (χ4v) is 2.60. The van der Waals surface area contributed by atoms with Gasteiger partial charge in [-0.1, -0.05) is 0 Å². The molecule has 0 aliphatic carbocycles. The summed E-state index contributed by atoms with van der Waals surface area (Å²) in [7, 11) is 0. The van der Waals surface area contributed by atoms with Crippen LogP contribution in [0.1, 0.15) is 38.5 Å². The highest BCUT2D eigenvalue weighted by atomic mass is 16.4. The van der Waals surface area contributed by atoms with Gasteiger partial charge in [0.15, 0.2) is 0 Å². The molecule has 0 bridgehead atoms. The number of carboxylic acid groups (broad SMARTS) is 2. The zero-order chi connectivity index (χ0) is 25.6. The first-order valence-corrected chi connectivity index (χ1v) is 10.1. The van der Waals surface area contributed by atoms with Crippen LogP contribution in [0.4, 0.5) is 0 Å². The Bertz CT molecular complexity index is 718. The molecule has 0 aromatic heterocycles. The predicted molar refractivity (Wildman–Crippen MR) is 112 cm³/mol. The average molecular weight is 476 g/mol. The molecule has 0 heterocycles. The number of nitrogens with two attached hydrogens (primary N) is 3. The van der Waals surface area contributed by atoms with Gasteiger partial charge in [0.25, 0.3) is 0 Å². The summed E-state index contributed by atoms with van der Waals surface area (Å²) in [5.41, 5.74) is 15.9. The fourth-order valence-electron chi connectivity index (χ4n) is 2.60. The highest BCUT2D eigenvalue weighted by Gasteiger charge is 2.30. The summed E-state index contributed by atoms with van der Waals surface area (Å²) in [4.78, 5) is 70.2. The largest absolute Gasteiger partial charge is 0.481 e. The van der Waals surface area contributed by atoms with Gasteiger partial charge < -0.3 is 48.5 Å². The number of carbonyl (C=O) groups is 6. The van der Waals surface area contributed by atoms with E-state index in [1.807, 2.05) is 0 Å². The maximum atomic E-state index is 12.6. The van der Waals surface area contributed by atoms with Gasteiger partial charge in [-0.15, -0.1) is 0 Å². The number of aliphatic carboxylic acids is 2. The number of aliphatic hydroxyl groups excluding tert-OH is 1. The topological polar surface area (TPSA) is 277 Å². The molecule has 0 aliphatic heterocycles. The van der Waals surface area contributed by atoms with Crippen LogP contribution in [-0.4, -0.2) is 88.2 Å². The van der Waals surface area contributed by atoms with Crippen molar-refractivity contribution in [3.63, 3.8) is 0 Å². The molecule has 4 atom stereocenters. The van der Waals surface area contributed by atoms with E-state index in [2.05, 4.69) is 16.0 Å². The Hall–Kier alpha value is -3.30. The van der Waals surface area contributed by atoms with Gasteiger partial charge in [0, 0.05) is 6.42 Å². The summed E-state index contributed by atoms with van der Waals surface area (Å²) in [6.45, 7) is -0.564. The molecular weight excluding hydrogens is 444 g/mol. The SMILES string of the molecule is NCCCCC(NC(=O)C(CO)NC(=O)C(CCC(N)=O)NC(=O)C(N)CC(=O)O)C(=O)O. The number of carboxylic acids is 2. The minimum Gasteiger partial charge on any atom is -0.481 e. The zero-order valence-corrected chi connectivity index (χ0v) is 18.0. The Balaban J connectivity index is 5.26. The van der Waals surface area contributed by atoms with Crippen molar-refractivity contribution in [2.75, 3.05) is 13.2 Å². The Morgan fingerprint density at radius 1 is 0.788 bits per heavy atom. The molecule has 0 aliphatic rings. The number of rotatable bonds is 17. The van der Waals surface area contributed by atoms with Crippen LogP contribution >= 0.6 is 0 Å². The van der Waals surface area contributed by atoms with Crippen molar-refractivity contribution in [1.82, 2.24) is 16.0 Å². The van der Waals surface area contributed by atoms with Gasteiger partial charge in [-0.25, -0.2) is 4.79 Å². The van der Waals surface area contributed by atoms with Crippen LogP contribution in [-0.2, 0) is 28.8 Å². The number of unbranched alkanes of at least 4 members (excludes halogenated alkanes) is 1. The lowest BCUT2D eigenvalue weighted by molar-refractivity contribution is -0.142. The third-order valence-corrected chi connectivity index (χ3v) is 4.42. The summed E-state index contributed by atoms with van der Waals surface area (Å²) >= 11 is 0. The van der Waals surface area contributed by atoms with E-state index < -0.39 is 72.8 Å². The number of aliphatic hydroxyl groups is 1. The molecule has 0 saturated heterocycles. The molecule has 0 aromatic rings. The molecule has 188 valence electrons. The zero-order valence-electron chi connectivity index (χ0n) is 18.0. The van der Waals surface area contributed by atoms with Crippen LogP contribution in [0.2, 0.25) is 0 Å². The number of nitrogens with one attached hydrogen (secondary N) is 3. The number of carbonyl (C=O) groups excluding carboxylic acids is 4. The molecule has 0 spiro atoms. The lowest BCUT2D eigenvalue weighted by Crippen LogP contribution is -2.58. The molecule has 33 heavy (non-hydrogen) atoms. The third kappa shape index (κ3) is 12.4. The summed E-state index contributed by atoms with van der Waals surface area (Å²) in [5.74, 6) is -6.47. The van der Waals surface area contributed by atoms with Crippen LogP contribution in [0.15, 0.2) is 0 Å². The van der Waals surface area contributed by atoms with Crippen molar-refractivity contribution in [1.29, 1.82) is 0 Å². The first-order chi connectivity index (χ1) is 15.4. The van der Waals surface area contributed by atoms with Crippen LogP contribution in [0, 0.1) is 0 Å².